The van der Waals surface area contributed by atoms with Crippen molar-refractivity contribution in [2.45, 2.75) is 25.3 Å². The molecule has 2 aromatic heterocycles. The smallest absolute Gasteiger partial charge is 0.181 e. The molecule has 2 N–H and O–H groups in total. The number of nitrogen functional groups attached to an aromatic ring is 1. The molecule has 0 bridgehead atoms. The lowest BCUT2D eigenvalue weighted by molar-refractivity contribution is 0.202. The highest BCUT2D eigenvalue weighted by Gasteiger charge is 2.22. The van der Waals surface area contributed by atoms with Crippen LogP contribution in [0.1, 0.15) is 30.0 Å². The highest BCUT2D eigenvalue weighted by atomic mass is 32.1. The van der Waals surface area contributed by atoms with E-state index in [0.29, 0.717) is 11.0 Å². The van der Waals surface area contributed by atoms with E-state index in [9.17, 15) is 0 Å². The Morgan fingerprint density at radius 1 is 1.07 bits per heavy atom. The number of para-hydroxylation sites is 1. The van der Waals surface area contributed by atoms with Crippen LogP contribution in [0.3, 0.4) is 0 Å². The first kappa shape index (κ1) is 17.3. The molecule has 1 saturated heterocycles. The zero-order chi connectivity index (χ0) is 18.9. The number of benzene rings is 2. The quantitative estimate of drug-likeness (QED) is 0.573. The second-order valence-electron chi connectivity index (χ2n) is 7.32. The van der Waals surface area contributed by atoms with Crippen molar-refractivity contribution in [2.24, 2.45) is 0 Å². The molecule has 1 aliphatic rings. The minimum atomic E-state index is 0.601. The molecule has 28 heavy (non-hydrogen) atoms. The van der Waals surface area contributed by atoms with E-state index in [1.54, 1.807) is 11.3 Å². The average molecular weight is 391 g/mol. The number of nitrogens with two attached hydrogens (primary N) is 1. The summed E-state index contributed by atoms with van der Waals surface area (Å²) >= 11 is 1.57. The SMILES string of the molecule is Nc1nc2ccc(C3CCN(Cc4cn(-c5ccccc5)nn4)CC3)cc2s1. The second kappa shape index (κ2) is 7.33. The Morgan fingerprint density at radius 3 is 2.71 bits per heavy atom. The zero-order valence-corrected chi connectivity index (χ0v) is 16.3. The molecule has 1 fully saturated rings. The van der Waals surface area contributed by atoms with Crippen LogP contribution in [0.4, 0.5) is 5.13 Å². The van der Waals surface area contributed by atoms with E-state index in [4.69, 9.17) is 5.73 Å². The molecule has 7 heteroatoms. The summed E-state index contributed by atoms with van der Waals surface area (Å²) in [5.41, 5.74) is 10.3. The summed E-state index contributed by atoms with van der Waals surface area (Å²) in [5.74, 6) is 0.601. The largest absolute Gasteiger partial charge is 0.375 e. The Balaban J connectivity index is 1.22. The van der Waals surface area contributed by atoms with Crippen molar-refractivity contribution in [3.63, 3.8) is 0 Å². The van der Waals surface area contributed by atoms with Gasteiger partial charge >= 0.3 is 0 Å². The van der Waals surface area contributed by atoms with Gasteiger partial charge in [-0.1, -0.05) is 40.8 Å². The third-order valence-corrected chi connectivity index (χ3v) is 6.28. The Morgan fingerprint density at radius 2 is 1.89 bits per heavy atom. The predicted octanol–water partition coefficient (Wildman–Crippen LogP) is 3.84. The number of rotatable bonds is 4. The van der Waals surface area contributed by atoms with Crippen molar-refractivity contribution in [1.82, 2.24) is 24.9 Å². The Kier molecular flexibility index (Phi) is 4.54. The lowest BCUT2D eigenvalue weighted by Gasteiger charge is -2.31. The summed E-state index contributed by atoms with van der Waals surface area (Å²) < 4.78 is 3.04. The number of anilines is 1. The van der Waals surface area contributed by atoms with Crippen LogP contribution >= 0.6 is 11.3 Å². The van der Waals surface area contributed by atoms with Crippen LogP contribution in [0.5, 0.6) is 0 Å². The Bertz CT molecular complexity index is 1080. The number of piperidine rings is 1. The molecule has 1 aliphatic heterocycles. The summed E-state index contributed by atoms with van der Waals surface area (Å²) in [7, 11) is 0. The molecule has 142 valence electrons. The van der Waals surface area contributed by atoms with Gasteiger partial charge in [-0.15, -0.1) is 5.10 Å². The third kappa shape index (κ3) is 3.50. The first-order valence-corrected chi connectivity index (χ1v) is 10.4. The molecule has 0 aliphatic carbocycles. The van der Waals surface area contributed by atoms with Gasteiger partial charge in [0.1, 0.15) is 0 Å². The first-order chi connectivity index (χ1) is 13.7. The lowest BCUT2D eigenvalue weighted by atomic mass is 9.89. The number of likely N-dealkylation sites (tertiary alicyclic amines) is 1. The molecular weight excluding hydrogens is 368 g/mol. The maximum atomic E-state index is 5.84. The van der Waals surface area contributed by atoms with Gasteiger partial charge in [0.2, 0.25) is 0 Å². The highest BCUT2D eigenvalue weighted by Crippen LogP contribution is 2.32. The fraction of sp³-hybridized carbons (Fsp3) is 0.286. The number of fused-ring (bicyclic) bond motifs is 1. The summed E-state index contributed by atoms with van der Waals surface area (Å²) in [5, 5.41) is 9.27. The maximum absolute atomic E-state index is 5.84. The van der Waals surface area contributed by atoms with Crippen molar-refractivity contribution in [1.29, 1.82) is 0 Å². The Labute approximate surface area is 167 Å². The van der Waals surface area contributed by atoms with Gasteiger partial charge in [0.25, 0.3) is 0 Å². The molecule has 6 nitrogen and oxygen atoms in total. The minimum absolute atomic E-state index is 0.601. The van der Waals surface area contributed by atoms with Crippen LogP contribution in [0.2, 0.25) is 0 Å². The summed E-state index contributed by atoms with van der Waals surface area (Å²) in [4.78, 5) is 6.83. The highest BCUT2D eigenvalue weighted by molar-refractivity contribution is 7.22. The standard InChI is InChI=1S/C21H22N6S/c22-21-23-19-7-6-16(12-20(19)28-21)15-8-10-26(11-9-15)13-17-14-27(25-24-17)18-4-2-1-3-5-18/h1-7,12,14-15H,8-11,13H2,(H2,22,23). The van der Waals surface area contributed by atoms with Gasteiger partial charge in [-0.2, -0.15) is 0 Å². The van der Waals surface area contributed by atoms with Gasteiger partial charge in [0, 0.05) is 6.54 Å². The molecule has 0 atom stereocenters. The first-order valence-electron chi connectivity index (χ1n) is 9.59. The second-order valence-corrected chi connectivity index (χ2v) is 8.38. The van der Waals surface area contributed by atoms with E-state index < -0.39 is 0 Å². The summed E-state index contributed by atoms with van der Waals surface area (Å²) in [6.45, 7) is 3.00. The van der Waals surface area contributed by atoms with E-state index in [-0.39, 0.29) is 0 Å². The fourth-order valence-corrected chi connectivity index (χ4v) is 4.73. The maximum Gasteiger partial charge on any atom is 0.181 e. The van der Waals surface area contributed by atoms with E-state index in [1.807, 2.05) is 41.2 Å². The molecule has 0 amide bonds. The third-order valence-electron chi connectivity index (χ3n) is 5.44. The molecule has 0 saturated carbocycles. The van der Waals surface area contributed by atoms with Crippen LogP contribution in [0.25, 0.3) is 15.9 Å². The van der Waals surface area contributed by atoms with Crippen molar-refractivity contribution >= 4 is 26.7 Å². The van der Waals surface area contributed by atoms with E-state index in [2.05, 4.69) is 38.4 Å². The number of aromatic nitrogens is 4. The van der Waals surface area contributed by atoms with Gasteiger partial charge in [0.15, 0.2) is 5.13 Å². The number of hydrogen-bond donors (Lipinski definition) is 1. The van der Waals surface area contributed by atoms with Crippen LogP contribution in [0, 0.1) is 0 Å². The van der Waals surface area contributed by atoms with Crippen molar-refractivity contribution in [3.8, 4) is 5.69 Å². The number of thiazole rings is 1. The van der Waals surface area contributed by atoms with Gasteiger partial charge in [-0.3, -0.25) is 4.90 Å². The molecule has 0 unspecified atom stereocenters. The molecule has 5 rings (SSSR count). The van der Waals surface area contributed by atoms with Crippen molar-refractivity contribution < 1.29 is 0 Å². The number of nitrogens with zero attached hydrogens (tertiary/aromatic N) is 5. The van der Waals surface area contributed by atoms with Gasteiger partial charge in [0.05, 0.1) is 27.8 Å². The van der Waals surface area contributed by atoms with Crippen LogP contribution in [-0.4, -0.2) is 38.0 Å². The summed E-state index contributed by atoms with van der Waals surface area (Å²) in [6.07, 6.45) is 4.35. The molecule has 4 aromatic rings. The molecule has 0 radical (unpaired) electrons. The minimum Gasteiger partial charge on any atom is -0.375 e. The van der Waals surface area contributed by atoms with E-state index >= 15 is 0 Å². The van der Waals surface area contributed by atoms with Crippen LogP contribution in [-0.2, 0) is 6.54 Å². The van der Waals surface area contributed by atoms with E-state index in [0.717, 1.165) is 49.4 Å². The monoisotopic (exact) mass is 390 g/mol. The van der Waals surface area contributed by atoms with Gasteiger partial charge in [-0.05, 0) is 61.7 Å². The van der Waals surface area contributed by atoms with E-state index in [1.165, 1.54) is 10.3 Å². The topological polar surface area (TPSA) is 72.9 Å². The normalized spacial score (nSPS) is 16.0. The zero-order valence-electron chi connectivity index (χ0n) is 15.5. The Hall–Kier alpha value is -2.77. The van der Waals surface area contributed by atoms with Gasteiger partial charge < -0.3 is 5.73 Å². The van der Waals surface area contributed by atoms with Crippen LogP contribution < -0.4 is 5.73 Å². The summed E-state index contributed by atoms with van der Waals surface area (Å²) in [6, 6.07) is 16.7. The van der Waals surface area contributed by atoms with Crippen molar-refractivity contribution in [3.05, 3.63) is 66.0 Å². The van der Waals surface area contributed by atoms with Gasteiger partial charge in [-0.25, -0.2) is 9.67 Å². The molecule has 2 aromatic carbocycles. The number of hydrogen-bond acceptors (Lipinski definition) is 6. The average Bonchev–Trinajstić information content (AvgIpc) is 3.34. The molecule has 3 heterocycles. The van der Waals surface area contributed by atoms with Crippen LogP contribution in [0.15, 0.2) is 54.7 Å². The fourth-order valence-electron chi connectivity index (χ4n) is 3.94. The van der Waals surface area contributed by atoms with Crippen molar-refractivity contribution in [2.75, 3.05) is 18.8 Å². The molecule has 0 spiro atoms. The predicted molar refractivity (Wildman–Crippen MR) is 113 cm³/mol. The molecular formula is C21H22N6S. The lowest BCUT2D eigenvalue weighted by Crippen LogP contribution is -2.32.